The monoisotopic (exact) mass is 391 g/mol. The first-order valence-corrected chi connectivity index (χ1v) is 12.8. The summed E-state index contributed by atoms with van der Waals surface area (Å²) in [6.45, 7) is 10.1. The third kappa shape index (κ3) is 3.01. The predicted molar refractivity (Wildman–Crippen MR) is 116 cm³/mol. The number of fused-ring (bicyclic) bond motifs is 5. The Balaban J connectivity index is 1.55. The quantitative estimate of drug-likeness (QED) is 0.598. The van der Waals surface area contributed by atoms with Gasteiger partial charge in [0.15, 0.2) is 0 Å². The van der Waals surface area contributed by atoms with E-state index in [-0.39, 0.29) is 0 Å². The number of nitrogens with zero attached hydrogens (tertiary/aromatic N) is 1. The van der Waals surface area contributed by atoms with E-state index in [2.05, 4.69) is 51.4 Å². The first-order valence-electron chi connectivity index (χ1n) is 11.7. The first kappa shape index (κ1) is 20.1. The average molecular weight is 392 g/mol. The highest BCUT2D eigenvalue weighted by atomic mass is 32.2. The Bertz CT molecular complexity index is 579. The van der Waals surface area contributed by atoms with Crippen LogP contribution in [0.1, 0.15) is 79.1 Å². The van der Waals surface area contributed by atoms with Crippen molar-refractivity contribution in [3.63, 3.8) is 0 Å². The average Bonchev–Trinajstić information content (AvgIpc) is 3.00. The van der Waals surface area contributed by atoms with Gasteiger partial charge < -0.3 is 4.90 Å². The summed E-state index contributed by atoms with van der Waals surface area (Å²) >= 11 is 2.14. The number of hydrogen-bond acceptors (Lipinski definition) is 2. The van der Waals surface area contributed by atoms with Crippen molar-refractivity contribution in [2.24, 2.45) is 40.4 Å². The highest BCUT2D eigenvalue weighted by molar-refractivity contribution is 7.99. The van der Waals surface area contributed by atoms with Crippen LogP contribution in [-0.2, 0) is 4.79 Å². The lowest BCUT2D eigenvalue weighted by Crippen LogP contribution is -2.61. The normalized spacial score (nSPS) is 48.0. The molecule has 4 fully saturated rings. The van der Waals surface area contributed by atoms with Gasteiger partial charge in [-0.15, -0.1) is 0 Å². The molecule has 4 aliphatic rings. The van der Waals surface area contributed by atoms with Crippen molar-refractivity contribution in [2.45, 2.75) is 85.1 Å². The topological polar surface area (TPSA) is 20.3 Å². The molecule has 3 saturated carbocycles. The lowest BCUT2D eigenvalue weighted by molar-refractivity contribution is -0.158. The van der Waals surface area contributed by atoms with Crippen LogP contribution >= 0.6 is 11.8 Å². The molecule has 0 spiro atoms. The molecule has 0 aromatic carbocycles. The van der Waals surface area contributed by atoms with Crippen LogP contribution in [0.15, 0.2) is 0 Å². The van der Waals surface area contributed by atoms with Crippen LogP contribution in [0.4, 0.5) is 0 Å². The molecule has 154 valence electrons. The van der Waals surface area contributed by atoms with E-state index in [4.69, 9.17) is 0 Å². The van der Waals surface area contributed by atoms with Gasteiger partial charge in [-0.05, 0) is 96.9 Å². The minimum atomic E-state index is 0.370. The third-order valence-corrected chi connectivity index (χ3v) is 11.1. The van der Waals surface area contributed by atoms with E-state index in [9.17, 15) is 4.79 Å². The highest BCUT2D eigenvalue weighted by Gasteiger charge is 2.61. The van der Waals surface area contributed by atoms with Crippen molar-refractivity contribution >= 4 is 17.7 Å². The Hall–Kier alpha value is -0.180. The van der Waals surface area contributed by atoms with Gasteiger partial charge in [-0.2, -0.15) is 11.8 Å². The van der Waals surface area contributed by atoms with Crippen molar-refractivity contribution in [1.29, 1.82) is 0 Å². The number of piperidine rings is 1. The van der Waals surface area contributed by atoms with Gasteiger partial charge >= 0.3 is 0 Å². The second kappa shape index (κ2) is 7.26. The maximum Gasteiger partial charge on any atom is 0.222 e. The summed E-state index contributed by atoms with van der Waals surface area (Å²) in [6, 6.07) is 0.501. The Labute approximate surface area is 171 Å². The largest absolute Gasteiger partial charge is 0.342 e. The van der Waals surface area contributed by atoms with Gasteiger partial charge in [-0.1, -0.05) is 27.7 Å². The van der Waals surface area contributed by atoms with Crippen LogP contribution in [0.2, 0.25) is 0 Å². The standard InChI is InChI=1S/C24H41NOS/c1-6-27-15-16(2)18-8-9-19-17-7-10-21-24(4,14-12-22(26)25(21)5)20(17)11-13-23(18,19)3/h16-21H,6-15H2,1-5H3/t16?,17-,18+,19-,20-,21+,23+,24+/m0/s1. The smallest absolute Gasteiger partial charge is 0.222 e. The maximum absolute atomic E-state index is 12.3. The Kier molecular flexibility index (Phi) is 5.40. The fourth-order valence-corrected chi connectivity index (χ4v) is 9.39. The summed E-state index contributed by atoms with van der Waals surface area (Å²) in [5.41, 5.74) is 0.948. The van der Waals surface area contributed by atoms with Crippen LogP contribution in [-0.4, -0.2) is 35.4 Å². The minimum absolute atomic E-state index is 0.370. The van der Waals surface area contributed by atoms with Crippen molar-refractivity contribution in [3.05, 3.63) is 0 Å². The van der Waals surface area contributed by atoms with E-state index in [1.54, 1.807) is 0 Å². The molecule has 27 heavy (non-hydrogen) atoms. The molecule has 1 amide bonds. The lowest BCUT2D eigenvalue weighted by atomic mass is 9.46. The van der Waals surface area contributed by atoms with E-state index in [0.29, 0.717) is 22.8 Å². The van der Waals surface area contributed by atoms with Crippen LogP contribution in [0, 0.1) is 40.4 Å². The Morgan fingerprint density at radius 2 is 1.81 bits per heavy atom. The SMILES string of the molecule is CCSCC(C)[C@H]1CC[C@H]2[C@@H]3CC[C@H]4N(C)C(=O)CC[C@]4(C)[C@H]3CC[C@]12C. The summed E-state index contributed by atoms with van der Waals surface area (Å²) in [6.07, 6.45) is 10.3. The van der Waals surface area contributed by atoms with E-state index in [1.807, 2.05) is 0 Å². The van der Waals surface area contributed by atoms with E-state index in [1.165, 1.54) is 50.0 Å². The van der Waals surface area contributed by atoms with Gasteiger partial charge in [-0.3, -0.25) is 4.79 Å². The molecule has 0 radical (unpaired) electrons. The fourth-order valence-electron chi connectivity index (χ4n) is 8.55. The van der Waals surface area contributed by atoms with Gasteiger partial charge in [0.2, 0.25) is 5.91 Å². The fraction of sp³-hybridized carbons (Fsp3) is 0.958. The van der Waals surface area contributed by atoms with E-state index >= 15 is 0 Å². The number of rotatable bonds is 4. The van der Waals surface area contributed by atoms with Crippen molar-refractivity contribution in [3.8, 4) is 0 Å². The molecular weight excluding hydrogens is 350 g/mol. The van der Waals surface area contributed by atoms with Gasteiger partial charge in [0.05, 0.1) is 0 Å². The zero-order chi connectivity index (χ0) is 19.4. The van der Waals surface area contributed by atoms with Gasteiger partial charge in [0, 0.05) is 19.5 Å². The molecule has 0 aromatic heterocycles. The van der Waals surface area contributed by atoms with Gasteiger partial charge in [0.25, 0.3) is 0 Å². The van der Waals surface area contributed by atoms with Crippen LogP contribution in [0.3, 0.4) is 0 Å². The molecule has 0 bridgehead atoms. The molecule has 2 nitrogen and oxygen atoms in total. The molecule has 1 saturated heterocycles. The number of hydrogen-bond donors (Lipinski definition) is 0. The second-order valence-electron chi connectivity index (χ2n) is 10.8. The highest BCUT2D eigenvalue weighted by Crippen LogP contribution is 2.67. The maximum atomic E-state index is 12.3. The third-order valence-electron chi connectivity index (χ3n) is 9.90. The molecule has 4 rings (SSSR count). The summed E-state index contributed by atoms with van der Waals surface area (Å²) in [7, 11) is 2.08. The number of carbonyl (C=O) groups is 1. The zero-order valence-electron chi connectivity index (χ0n) is 18.3. The molecule has 3 heteroatoms. The van der Waals surface area contributed by atoms with Crippen molar-refractivity contribution < 1.29 is 4.79 Å². The summed E-state index contributed by atoms with van der Waals surface area (Å²) < 4.78 is 0. The molecule has 3 aliphatic carbocycles. The Morgan fingerprint density at radius 1 is 1.07 bits per heavy atom. The number of carbonyl (C=O) groups excluding carboxylic acids is 1. The molecule has 0 aromatic rings. The van der Waals surface area contributed by atoms with Crippen molar-refractivity contribution in [2.75, 3.05) is 18.6 Å². The van der Waals surface area contributed by atoms with Crippen LogP contribution in [0.25, 0.3) is 0 Å². The summed E-state index contributed by atoms with van der Waals surface area (Å²) in [4.78, 5) is 14.4. The first-order chi connectivity index (χ1) is 12.8. The van der Waals surface area contributed by atoms with E-state index < -0.39 is 0 Å². The molecule has 1 unspecified atom stereocenters. The number of thioether (sulfide) groups is 1. The zero-order valence-corrected chi connectivity index (χ0v) is 19.1. The van der Waals surface area contributed by atoms with Crippen LogP contribution < -0.4 is 0 Å². The lowest BCUT2D eigenvalue weighted by Gasteiger charge is -2.62. The van der Waals surface area contributed by atoms with Gasteiger partial charge in [-0.25, -0.2) is 0 Å². The molecule has 0 N–H and O–H groups in total. The molecule has 8 atom stereocenters. The van der Waals surface area contributed by atoms with Crippen LogP contribution in [0.5, 0.6) is 0 Å². The number of amides is 1. The molecular formula is C24H41NOS. The number of likely N-dealkylation sites (tertiary alicyclic amines) is 1. The van der Waals surface area contributed by atoms with Gasteiger partial charge in [0.1, 0.15) is 0 Å². The summed E-state index contributed by atoms with van der Waals surface area (Å²) in [5.74, 6) is 7.51. The Morgan fingerprint density at radius 3 is 2.56 bits per heavy atom. The van der Waals surface area contributed by atoms with Crippen molar-refractivity contribution in [1.82, 2.24) is 4.90 Å². The molecule has 1 heterocycles. The minimum Gasteiger partial charge on any atom is -0.342 e. The second-order valence-corrected chi connectivity index (χ2v) is 12.2. The predicted octanol–water partition coefficient (Wildman–Crippen LogP) is 5.86. The van der Waals surface area contributed by atoms with E-state index in [0.717, 1.165) is 42.4 Å². The molecule has 1 aliphatic heterocycles. The summed E-state index contributed by atoms with van der Waals surface area (Å²) in [5, 5.41) is 0.